The molecule has 2 heterocycles. The fourth-order valence-electron chi connectivity index (χ4n) is 2.56. The second-order valence-electron chi connectivity index (χ2n) is 4.81. The van der Waals surface area contributed by atoms with Crippen molar-refractivity contribution in [3.8, 4) is 0 Å². The van der Waals surface area contributed by atoms with Crippen molar-refractivity contribution in [2.24, 2.45) is 0 Å². The molecule has 4 heteroatoms. The van der Waals surface area contributed by atoms with E-state index < -0.39 is 0 Å². The maximum absolute atomic E-state index is 8.92. The van der Waals surface area contributed by atoms with Crippen molar-refractivity contribution in [2.45, 2.75) is 45.6 Å². The molecule has 0 saturated carbocycles. The van der Waals surface area contributed by atoms with E-state index in [-0.39, 0.29) is 6.61 Å². The highest BCUT2D eigenvalue weighted by molar-refractivity contribution is 5.35. The Morgan fingerprint density at radius 3 is 2.71 bits per heavy atom. The number of hydrogen-bond donors (Lipinski definition) is 1. The van der Waals surface area contributed by atoms with Crippen LogP contribution in [0.1, 0.15) is 37.1 Å². The molecule has 94 valence electrons. The lowest BCUT2D eigenvalue weighted by Crippen LogP contribution is -2.31. The Balaban J connectivity index is 2.14. The van der Waals surface area contributed by atoms with Crippen molar-refractivity contribution in [3.05, 3.63) is 17.5 Å². The minimum atomic E-state index is 0.276. The average molecular weight is 235 g/mol. The van der Waals surface area contributed by atoms with Crippen LogP contribution in [0.15, 0.2) is 6.07 Å². The first-order valence-corrected chi connectivity index (χ1v) is 6.40. The van der Waals surface area contributed by atoms with Gasteiger partial charge in [0.05, 0.1) is 0 Å². The maximum Gasteiger partial charge on any atom is 0.226 e. The summed E-state index contributed by atoms with van der Waals surface area (Å²) in [7, 11) is 0. The zero-order valence-electron chi connectivity index (χ0n) is 10.7. The van der Waals surface area contributed by atoms with Gasteiger partial charge in [0, 0.05) is 30.6 Å². The summed E-state index contributed by atoms with van der Waals surface area (Å²) in [6.45, 7) is 5.34. The number of rotatable bonds is 4. The first-order valence-electron chi connectivity index (χ1n) is 6.40. The Morgan fingerprint density at radius 2 is 2.06 bits per heavy atom. The van der Waals surface area contributed by atoms with Crippen molar-refractivity contribution in [1.82, 2.24) is 9.97 Å². The van der Waals surface area contributed by atoms with Gasteiger partial charge < -0.3 is 10.0 Å². The molecule has 0 aromatic carbocycles. The highest BCUT2D eigenvalue weighted by Gasteiger charge is 2.26. The lowest BCUT2D eigenvalue weighted by molar-refractivity contribution is 0.279. The monoisotopic (exact) mass is 235 g/mol. The molecule has 0 bridgehead atoms. The molecular weight excluding hydrogens is 214 g/mol. The summed E-state index contributed by atoms with van der Waals surface area (Å²) >= 11 is 0. The van der Waals surface area contributed by atoms with Crippen LogP contribution >= 0.6 is 0 Å². The van der Waals surface area contributed by atoms with Crippen LogP contribution in [0.5, 0.6) is 0 Å². The van der Waals surface area contributed by atoms with Gasteiger partial charge in [-0.2, -0.15) is 0 Å². The van der Waals surface area contributed by atoms with Crippen molar-refractivity contribution in [1.29, 1.82) is 0 Å². The predicted molar refractivity (Wildman–Crippen MR) is 68.2 cm³/mol. The Kier molecular flexibility index (Phi) is 3.94. The molecule has 1 fully saturated rings. The van der Waals surface area contributed by atoms with E-state index in [0.29, 0.717) is 6.04 Å². The Morgan fingerprint density at radius 1 is 1.35 bits per heavy atom. The summed E-state index contributed by atoms with van der Waals surface area (Å²) < 4.78 is 0. The van der Waals surface area contributed by atoms with Crippen LogP contribution < -0.4 is 4.90 Å². The molecule has 0 aliphatic carbocycles. The number of hydrogen-bond acceptors (Lipinski definition) is 4. The standard InChI is InChI=1S/C13H21N3O/c1-10-9-11(2)15-13(14-10)16-7-3-5-12(16)6-4-8-17/h9,12,17H,3-8H2,1-2H3. The SMILES string of the molecule is Cc1cc(C)nc(N2CCCC2CCCO)n1. The van der Waals surface area contributed by atoms with Crippen molar-refractivity contribution in [3.63, 3.8) is 0 Å². The highest BCUT2D eigenvalue weighted by Crippen LogP contribution is 2.25. The zero-order valence-corrected chi connectivity index (χ0v) is 10.7. The average Bonchev–Trinajstić information content (AvgIpc) is 2.73. The van der Waals surface area contributed by atoms with Gasteiger partial charge in [0.2, 0.25) is 5.95 Å². The van der Waals surface area contributed by atoms with E-state index >= 15 is 0 Å². The number of aryl methyl sites for hydroxylation is 2. The molecule has 1 unspecified atom stereocenters. The summed E-state index contributed by atoms with van der Waals surface area (Å²) in [6.07, 6.45) is 4.29. The van der Waals surface area contributed by atoms with Gasteiger partial charge in [-0.25, -0.2) is 9.97 Å². The third-order valence-electron chi connectivity index (χ3n) is 3.30. The maximum atomic E-state index is 8.92. The first kappa shape index (κ1) is 12.3. The van der Waals surface area contributed by atoms with Crippen LogP contribution in [0.4, 0.5) is 5.95 Å². The smallest absolute Gasteiger partial charge is 0.226 e. The van der Waals surface area contributed by atoms with Gasteiger partial charge in [-0.05, 0) is 45.6 Å². The van der Waals surface area contributed by atoms with Crippen LogP contribution in [-0.2, 0) is 0 Å². The molecule has 1 aromatic heterocycles. The largest absolute Gasteiger partial charge is 0.396 e. The van der Waals surface area contributed by atoms with E-state index in [1.165, 1.54) is 12.8 Å². The molecule has 1 saturated heterocycles. The van der Waals surface area contributed by atoms with Gasteiger partial charge in [0.25, 0.3) is 0 Å². The second kappa shape index (κ2) is 5.45. The minimum absolute atomic E-state index is 0.276. The Bertz CT molecular complexity index is 361. The van der Waals surface area contributed by atoms with E-state index in [1.807, 2.05) is 19.9 Å². The third kappa shape index (κ3) is 2.94. The number of aromatic nitrogens is 2. The lowest BCUT2D eigenvalue weighted by Gasteiger charge is -2.25. The van der Waals surface area contributed by atoms with Gasteiger partial charge in [0.1, 0.15) is 0 Å². The summed E-state index contributed by atoms with van der Waals surface area (Å²) in [6, 6.07) is 2.51. The quantitative estimate of drug-likeness (QED) is 0.865. The normalized spacial score (nSPS) is 19.9. The Hall–Kier alpha value is -1.16. The van der Waals surface area contributed by atoms with Gasteiger partial charge in [0.15, 0.2) is 0 Å². The fourth-order valence-corrected chi connectivity index (χ4v) is 2.56. The second-order valence-corrected chi connectivity index (χ2v) is 4.81. The molecule has 0 amide bonds. The van der Waals surface area contributed by atoms with E-state index in [1.54, 1.807) is 0 Å². The van der Waals surface area contributed by atoms with Gasteiger partial charge in [-0.1, -0.05) is 0 Å². The van der Waals surface area contributed by atoms with Gasteiger partial charge >= 0.3 is 0 Å². The Labute approximate surface area is 103 Å². The molecular formula is C13H21N3O. The molecule has 0 spiro atoms. The number of aliphatic hydroxyl groups excluding tert-OH is 1. The molecule has 4 nitrogen and oxygen atoms in total. The van der Waals surface area contributed by atoms with Crippen molar-refractivity contribution >= 4 is 5.95 Å². The topological polar surface area (TPSA) is 49.2 Å². The number of anilines is 1. The van der Waals surface area contributed by atoms with E-state index in [0.717, 1.165) is 36.7 Å². The molecule has 1 aliphatic heterocycles. The third-order valence-corrected chi connectivity index (χ3v) is 3.30. The molecule has 1 atom stereocenters. The van der Waals surface area contributed by atoms with Crippen LogP contribution in [0.25, 0.3) is 0 Å². The van der Waals surface area contributed by atoms with Crippen LogP contribution in [0.3, 0.4) is 0 Å². The molecule has 1 N–H and O–H groups in total. The number of aliphatic hydroxyl groups is 1. The first-order chi connectivity index (χ1) is 8.20. The summed E-state index contributed by atoms with van der Waals surface area (Å²) in [5, 5.41) is 8.92. The lowest BCUT2D eigenvalue weighted by atomic mass is 10.1. The predicted octanol–water partition coefficient (Wildman–Crippen LogP) is 1.83. The highest BCUT2D eigenvalue weighted by atomic mass is 16.2. The number of nitrogens with zero attached hydrogens (tertiary/aromatic N) is 3. The summed E-state index contributed by atoms with van der Waals surface area (Å²) in [4.78, 5) is 11.4. The van der Waals surface area contributed by atoms with Gasteiger partial charge in [-0.3, -0.25) is 0 Å². The fraction of sp³-hybridized carbons (Fsp3) is 0.692. The van der Waals surface area contributed by atoms with Crippen molar-refractivity contribution in [2.75, 3.05) is 18.1 Å². The molecule has 2 rings (SSSR count). The van der Waals surface area contributed by atoms with Crippen LogP contribution in [0, 0.1) is 13.8 Å². The molecule has 0 radical (unpaired) electrons. The summed E-state index contributed by atoms with van der Waals surface area (Å²) in [5.74, 6) is 0.864. The van der Waals surface area contributed by atoms with E-state index in [4.69, 9.17) is 5.11 Å². The van der Waals surface area contributed by atoms with Crippen molar-refractivity contribution < 1.29 is 5.11 Å². The van der Waals surface area contributed by atoms with Crippen LogP contribution in [-0.4, -0.2) is 34.3 Å². The molecule has 1 aliphatic rings. The van der Waals surface area contributed by atoms with E-state index in [2.05, 4.69) is 14.9 Å². The van der Waals surface area contributed by atoms with Crippen LogP contribution in [0.2, 0.25) is 0 Å². The minimum Gasteiger partial charge on any atom is -0.396 e. The summed E-state index contributed by atoms with van der Waals surface area (Å²) in [5.41, 5.74) is 2.06. The van der Waals surface area contributed by atoms with Gasteiger partial charge in [-0.15, -0.1) is 0 Å². The molecule has 1 aromatic rings. The van der Waals surface area contributed by atoms with E-state index in [9.17, 15) is 0 Å². The molecule has 17 heavy (non-hydrogen) atoms. The zero-order chi connectivity index (χ0) is 12.3.